The first-order valence-corrected chi connectivity index (χ1v) is 15.9. The number of carbonyl (C=O) groups excluding carboxylic acids is 3. The van der Waals surface area contributed by atoms with Crippen molar-refractivity contribution in [2.24, 2.45) is 17.8 Å². The summed E-state index contributed by atoms with van der Waals surface area (Å²) >= 11 is 0. The van der Waals surface area contributed by atoms with Crippen molar-refractivity contribution < 1.29 is 24.3 Å². The highest BCUT2D eigenvalue weighted by molar-refractivity contribution is 5.92. The Hall–Kier alpha value is -3.44. The normalized spacial score (nSPS) is 17.0. The SMILES string of the molecule is O=C(O)C[C@H](NC(=O)CNC(=O)C(CCC1CCNCC1)CCC1CCNCC1)C(=O)NCCc1cccc2[nH]ccc12. The number of hydrogen-bond acceptors (Lipinski definition) is 6. The van der Waals surface area contributed by atoms with E-state index in [2.05, 4.69) is 31.6 Å². The first-order chi connectivity index (χ1) is 20.9. The van der Waals surface area contributed by atoms with Crippen LogP contribution >= 0.6 is 0 Å². The Morgan fingerprint density at radius 2 is 1.51 bits per heavy atom. The molecule has 4 rings (SSSR count). The molecule has 43 heavy (non-hydrogen) atoms. The lowest BCUT2D eigenvalue weighted by Crippen LogP contribution is -2.51. The third-order valence-corrected chi connectivity index (χ3v) is 8.97. The fourth-order valence-corrected chi connectivity index (χ4v) is 6.37. The molecule has 2 fully saturated rings. The summed E-state index contributed by atoms with van der Waals surface area (Å²) < 4.78 is 0. The third-order valence-electron chi connectivity index (χ3n) is 8.97. The highest BCUT2D eigenvalue weighted by Gasteiger charge is 2.26. The van der Waals surface area contributed by atoms with Gasteiger partial charge in [-0.2, -0.15) is 0 Å². The molecule has 2 aromatic rings. The van der Waals surface area contributed by atoms with Gasteiger partial charge in [0.1, 0.15) is 6.04 Å². The first-order valence-electron chi connectivity index (χ1n) is 15.9. The van der Waals surface area contributed by atoms with Crippen LogP contribution in [0.2, 0.25) is 0 Å². The summed E-state index contributed by atoms with van der Waals surface area (Å²) in [6, 6.07) is 6.62. The molecule has 7 N–H and O–H groups in total. The Labute approximate surface area is 253 Å². The molecule has 0 saturated carbocycles. The number of hydrogen-bond donors (Lipinski definition) is 7. The number of carbonyl (C=O) groups is 4. The second kappa shape index (κ2) is 17.0. The highest BCUT2D eigenvalue weighted by Crippen LogP contribution is 2.27. The van der Waals surface area contributed by atoms with Crippen LogP contribution in [0, 0.1) is 17.8 Å². The second-order valence-corrected chi connectivity index (χ2v) is 12.1. The minimum absolute atomic E-state index is 0.142. The van der Waals surface area contributed by atoms with Crippen LogP contribution in [0.1, 0.15) is 63.4 Å². The van der Waals surface area contributed by atoms with E-state index < -0.39 is 30.2 Å². The number of H-pyrrole nitrogens is 1. The number of rotatable bonds is 16. The van der Waals surface area contributed by atoms with Crippen molar-refractivity contribution >= 4 is 34.6 Å². The zero-order chi connectivity index (χ0) is 30.4. The maximum Gasteiger partial charge on any atom is 0.305 e. The van der Waals surface area contributed by atoms with Gasteiger partial charge in [0.05, 0.1) is 13.0 Å². The summed E-state index contributed by atoms with van der Waals surface area (Å²) in [7, 11) is 0. The van der Waals surface area contributed by atoms with Gasteiger partial charge in [0, 0.05) is 29.6 Å². The first kappa shape index (κ1) is 32.5. The van der Waals surface area contributed by atoms with Gasteiger partial charge in [0.2, 0.25) is 17.7 Å². The molecule has 1 aromatic heterocycles. The van der Waals surface area contributed by atoms with E-state index in [1.54, 1.807) is 0 Å². The highest BCUT2D eigenvalue weighted by atomic mass is 16.4. The quantitative estimate of drug-likeness (QED) is 0.156. The second-order valence-electron chi connectivity index (χ2n) is 12.1. The van der Waals surface area contributed by atoms with E-state index in [0.717, 1.165) is 94.0 Å². The van der Waals surface area contributed by atoms with Gasteiger partial charge in [0.25, 0.3) is 0 Å². The van der Waals surface area contributed by atoms with Gasteiger partial charge in [-0.1, -0.05) is 12.1 Å². The lowest BCUT2D eigenvalue weighted by Gasteiger charge is -2.27. The molecule has 0 unspecified atom stereocenters. The zero-order valence-electron chi connectivity index (χ0n) is 25.1. The molecule has 2 saturated heterocycles. The molecule has 2 aliphatic rings. The maximum absolute atomic E-state index is 13.2. The predicted molar refractivity (Wildman–Crippen MR) is 165 cm³/mol. The van der Waals surface area contributed by atoms with Crippen molar-refractivity contribution in [2.75, 3.05) is 39.3 Å². The van der Waals surface area contributed by atoms with Gasteiger partial charge in [0.15, 0.2) is 0 Å². The van der Waals surface area contributed by atoms with Crippen molar-refractivity contribution in [3.8, 4) is 0 Å². The molecular formula is C32H48N6O5. The standard InChI is InChI=1S/C32H48N6O5/c39-29(38-28(20-30(40)41)32(43)36-18-12-24-2-1-3-27-26(24)13-19-35-27)21-37-31(42)25(6-4-22-8-14-33-15-9-22)7-5-23-10-16-34-17-11-23/h1-3,13,19,22-23,25,28,33-35H,4-12,14-18,20-21H2,(H,36,43)(H,37,42)(H,38,39)(H,40,41)/t28-/m0/s1. The van der Waals surface area contributed by atoms with Crippen LogP contribution in [0.25, 0.3) is 10.9 Å². The largest absolute Gasteiger partial charge is 0.481 e. The summed E-state index contributed by atoms with van der Waals surface area (Å²) in [5.41, 5.74) is 2.05. The van der Waals surface area contributed by atoms with E-state index in [1.165, 1.54) is 0 Å². The van der Waals surface area contributed by atoms with Crippen molar-refractivity contribution in [3.63, 3.8) is 0 Å². The van der Waals surface area contributed by atoms with Gasteiger partial charge in [-0.3, -0.25) is 19.2 Å². The van der Waals surface area contributed by atoms with Crippen molar-refractivity contribution in [3.05, 3.63) is 36.0 Å². The molecule has 3 amide bonds. The number of aromatic nitrogens is 1. The average molecular weight is 597 g/mol. The molecular weight excluding hydrogens is 548 g/mol. The van der Waals surface area contributed by atoms with E-state index in [-0.39, 0.29) is 18.4 Å². The molecule has 236 valence electrons. The molecule has 11 heteroatoms. The lowest BCUT2D eigenvalue weighted by molar-refractivity contribution is -0.140. The molecule has 0 radical (unpaired) electrons. The van der Waals surface area contributed by atoms with Crippen LogP contribution in [0.4, 0.5) is 0 Å². The van der Waals surface area contributed by atoms with E-state index >= 15 is 0 Å². The Morgan fingerprint density at radius 1 is 0.860 bits per heavy atom. The Balaban J connectivity index is 1.25. The van der Waals surface area contributed by atoms with Crippen LogP contribution in [-0.2, 0) is 25.6 Å². The minimum Gasteiger partial charge on any atom is -0.481 e. The summed E-state index contributed by atoms with van der Waals surface area (Å²) in [5.74, 6) is -1.42. The molecule has 11 nitrogen and oxygen atoms in total. The van der Waals surface area contributed by atoms with Crippen LogP contribution in [0.5, 0.6) is 0 Å². The van der Waals surface area contributed by atoms with Crippen molar-refractivity contribution in [1.29, 1.82) is 0 Å². The van der Waals surface area contributed by atoms with Crippen LogP contribution in [0.3, 0.4) is 0 Å². The summed E-state index contributed by atoms with van der Waals surface area (Å²) in [6.45, 7) is 4.07. The number of carboxylic acids is 1. The monoisotopic (exact) mass is 596 g/mol. The van der Waals surface area contributed by atoms with Crippen LogP contribution in [-0.4, -0.2) is 79.1 Å². The fraction of sp³-hybridized carbons (Fsp3) is 0.625. The van der Waals surface area contributed by atoms with E-state index in [0.29, 0.717) is 24.8 Å². The average Bonchev–Trinajstić information content (AvgIpc) is 3.50. The number of aromatic amines is 1. The van der Waals surface area contributed by atoms with Gasteiger partial charge in [-0.05, 0) is 113 Å². The molecule has 3 heterocycles. The summed E-state index contributed by atoms with van der Waals surface area (Å²) in [5, 5.41) is 25.2. The number of piperidine rings is 2. The Kier molecular flexibility index (Phi) is 12.8. The Morgan fingerprint density at radius 3 is 2.14 bits per heavy atom. The summed E-state index contributed by atoms with van der Waals surface area (Å²) in [4.78, 5) is 53.5. The molecule has 0 spiro atoms. The molecule has 1 aromatic carbocycles. The van der Waals surface area contributed by atoms with E-state index in [9.17, 15) is 24.3 Å². The third kappa shape index (κ3) is 10.7. The lowest BCUT2D eigenvalue weighted by atomic mass is 9.84. The topological polar surface area (TPSA) is 164 Å². The number of aliphatic carboxylic acids is 1. The predicted octanol–water partition coefficient (Wildman–Crippen LogP) is 2.08. The summed E-state index contributed by atoms with van der Waals surface area (Å²) in [6.07, 6.45) is 9.95. The van der Waals surface area contributed by atoms with Crippen molar-refractivity contribution in [1.82, 2.24) is 31.6 Å². The van der Waals surface area contributed by atoms with Gasteiger partial charge >= 0.3 is 5.97 Å². The zero-order valence-corrected chi connectivity index (χ0v) is 25.1. The number of fused-ring (bicyclic) bond motifs is 1. The molecule has 1 atom stereocenters. The number of benzene rings is 1. The van der Waals surface area contributed by atoms with Gasteiger partial charge in [-0.25, -0.2) is 0 Å². The smallest absolute Gasteiger partial charge is 0.305 e. The molecule has 0 aliphatic carbocycles. The maximum atomic E-state index is 13.2. The van der Waals surface area contributed by atoms with Crippen LogP contribution in [0.15, 0.2) is 30.5 Å². The Bertz CT molecular complexity index is 1180. The van der Waals surface area contributed by atoms with Gasteiger partial charge in [-0.15, -0.1) is 0 Å². The fourth-order valence-electron chi connectivity index (χ4n) is 6.37. The molecule has 2 aliphatic heterocycles. The number of carboxylic acid groups (broad SMARTS) is 1. The van der Waals surface area contributed by atoms with Gasteiger partial charge < -0.3 is 36.7 Å². The minimum atomic E-state index is -1.24. The number of amides is 3. The van der Waals surface area contributed by atoms with Crippen molar-refractivity contribution in [2.45, 2.75) is 70.3 Å². The van der Waals surface area contributed by atoms with E-state index in [1.807, 2.05) is 30.5 Å². The number of nitrogens with one attached hydrogen (secondary N) is 6. The van der Waals surface area contributed by atoms with E-state index in [4.69, 9.17) is 0 Å². The van der Waals surface area contributed by atoms with Crippen LogP contribution < -0.4 is 26.6 Å². The molecule has 0 bridgehead atoms.